The second-order valence-corrected chi connectivity index (χ2v) is 6.66. The molecular weight excluding hydrogens is 359 g/mol. The fraction of sp³-hybridized carbons (Fsp3) is 0.222. The van der Waals surface area contributed by atoms with Crippen molar-refractivity contribution in [1.29, 1.82) is 0 Å². The van der Waals surface area contributed by atoms with Crippen LogP contribution < -0.4 is 0 Å². The van der Waals surface area contributed by atoms with Gasteiger partial charge in [0.1, 0.15) is 17.2 Å². The van der Waals surface area contributed by atoms with E-state index < -0.39 is 0 Å². The average molecular weight is 373 g/mol. The topological polar surface area (TPSA) is 34.4 Å². The van der Waals surface area contributed by atoms with Crippen LogP contribution >= 0.6 is 15.9 Å². The molecule has 0 aliphatic heterocycles. The maximum atomic E-state index is 13.8. The van der Waals surface area contributed by atoms with E-state index in [1.165, 1.54) is 6.07 Å². The number of carbonyl (C=O) groups is 1. The minimum Gasteiger partial charge on any atom is -0.301 e. The molecule has 4 rings (SSSR count). The van der Waals surface area contributed by atoms with Gasteiger partial charge >= 0.3 is 0 Å². The van der Waals surface area contributed by atoms with Gasteiger partial charge in [-0.25, -0.2) is 9.37 Å². The van der Waals surface area contributed by atoms with E-state index in [1.54, 1.807) is 6.20 Å². The van der Waals surface area contributed by atoms with Crippen LogP contribution in [0.3, 0.4) is 0 Å². The molecule has 3 aromatic rings. The lowest BCUT2D eigenvalue weighted by atomic mass is 9.86. The van der Waals surface area contributed by atoms with E-state index >= 15 is 0 Å². The van der Waals surface area contributed by atoms with Crippen LogP contribution in [-0.2, 0) is 0 Å². The van der Waals surface area contributed by atoms with E-state index in [1.807, 2.05) is 41.7 Å². The molecule has 116 valence electrons. The Labute approximate surface area is 141 Å². The number of Topliss-reactive ketones (excluding diaryl/α,β-unsaturated/α-hetero) is 1. The number of nitrogens with zero attached hydrogens (tertiary/aromatic N) is 2. The lowest BCUT2D eigenvalue weighted by Gasteiger charge is -2.19. The Balaban J connectivity index is 2.02. The van der Waals surface area contributed by atoms with Crippen LogP contribution in [0.15, 0.2) is 47.1 Å². The van der Waals surface area contributed by atoms with Gasteiger partial charge in [0.25, 0.3) is 0 Å². The summed E-state index contributed by atoms with van der Waals surface area (Å²) < 4.78 is 16.0. The minimum absolute atomic E-state index is 0.0453. The number of ketones is 1. The van der Waals surface area contributed by atoms with E-state index in [9.17, 15) is 9.18 Å². The normalized spacial score (nSPS) is 20.2. The summed E-state index contributed by atoms with van der Waals surface area (Å²) in [6, 6.07) is 11.3. The molecule has 0 bridgehead atoms. The molecular formula is C18H14BrFN2O. The van der Waals surface area contributed by atoms with Crippen molar-refractivity contribution in [1.82, 2.24) is 9.38 Å². The minimum atomic E-state index is -0.378. The van der Waals surface area contributed by atoms with E-state index in [-0.39, 0.29) is 23.4 Å². The van der Waals surface area contributed by atoms with Gasteiger partial charge in [-0.05, 0) is 27.9 Å². The van der Waals surface area contributed by atoms with Crippen molar-refractivity contribution >= 4 is 27.4 Å². The predicted molar refractivity (Wildman–Crippen MR) is 89.2 cm³/mol. The van der Waals surface area contributed by atoms with Crippen LogP contribution in [0.25, 0.3) is 5.65 Å². The average Bonchev–Trinajstić information content (AvgIpc) is 3.04. The van der Waals surface area contributed by atoms with Gasteiger partial charge in [0.15, 0.2) is 5.78 Å². The van der Waals surface area contributed by atoms with Crippen molar-refractivity contribution in [2.24, 2.45) is 5.92 Å². The van der Waals surface area contributed by atoms with Gasteiger partial charge in [0.05, 0.1) is 10.2 Å². The third kappa shape index (κ3) is 2.06. The number of pyridine rings is 1. The molecule has 2 unspecified atom stereocenters. The zero-order chi connectivity index (χ0) is 16.1. The van der Waals surface area contributed by atoms with Crippen LogP contribution in [0.1, 0.15) is 41.0 Å². The Morgan fingerprint density at radius 2 is 2.04 bits per heavy atom. The second kappa shape index (κ2) is 5.27. The zero-order valence-corrected chi connectivity index (χ0v) is 14.0. The first-order valence-electron chi connectivity index (χ1n) is 7.58. The Bertz CT molecular complexity index is 920. The SMILES string of the molecule is CCC1C(=O)c2nc3cc(F)c(Br)cn3c2C1c1ccccc1. The molecule has 1 aliphatic carbocycles. The number of aromatic nitrogens is 2. The highest BCUT2D eigenvalue weighted by atomic mass is 79.9. The summed E-state index contributed by atoms with van der Waals surface area (Å²) in [5.74, 6) is -0.486. The van der Waals surface area contributed by atoms with Crippen molar-refractivity contribution < 1.29 is 9.18 Å². The first kappa shape index (κ1) is 14.6. The molecule has 0 N–H and O–H groups in total. The molecule has 0 spiro atoms. The summed E-state index contributed by atoms with van der Waals surface area (Å²) in [4.78, 5) is 17.2. The number of rotatable bonds is 2. The van der Waals surface area contributed by atoms with Gasteiger partial charge < -0.3 is 4.40 Å². The first-order chi connectivity index (χ1) is 11.1. The first-order valence-corrected chi connectivity index (χ1v) is 8.37. The van der Waals surface area contributed by atoms with Crippen molar-refractivity contribution in [2.75, 3.05) is 0 Å². The molecule has 2 heterocycles. The van der Waals surface area contributed by atoms with Crippen LogP contribution in [-0.4, -0.2) is 15.2 Å². The van der Waals surface area contributed by atoms with Gasteiger partial charge in [-0.2, -0.15) is 0 Å². The molecule has 1 aromatic carbocycles. The number of carbonyl (C=O) groups excluding carboxylic acids is 1. The molecule has 2 aromatic heterocycles. The highest BCUT2D eigenvalue weighted by Crippen LogP contribution is 2.44. The molecule has 5 heteroatoms. The number of halogens is 2. The summed E-state index contributed by atoms with van der Waals surface area (Å²) in [5, 5.41) is 0. The quantitative estimate of drug-likeness (QED) is 0.659. The van der Waals surface area contributed by atoms with E-state index in [0.717, 1.165) is 17.7 Å². The van der Waals surface area contributed by atoms with Crippen LogP contribution in [0, 0.1) is 11.7 Å². The lowest BCUT2D eigenvalue weighted by Crippen LogP contribution is -2.15. The van der Waals surface area contributed by atoms with Crippen molar-refractivity contribution in [2.45, 2.75) is 19.3 Å². The maximum Gasteiger partial charge on any atom is 0.187 e. The smallest absolute Gasteiger partial charge is 0.187 e. The van der Waals surface area contributed by atoms with Crippen molar-refractivity contribution in [3.63, 3.8) is 0 Å². The molecule has 23 heavy (non-hydrogen) atoms. The summed E-state index contributed by atoms with van der Waals surface area (Å²) in [6.07, 6.45) is 2.41. The number of hydrogen-bond donors (Lipinski definition) is 0. The van der Waals surface area contributed by atoms with Crippen LogP contribution in [0.5, 0.6) is 0 Å². The number of fused-ring (bicyclic) bond motifs is 3. The highest BCUT2D eigenvalue weighted by molar-refractivity contribution is 9.10. The van der Waals surface area contributed by atoms with E-state index in [4.69, 9.17) is 0 Å². The van der Waals surface area contributed by atoms with Gasteiger partial charge in [-0.1, -0.05) is 37.3 Å². The molecule has 2 atom stereocenters. The second-order valence-electron chi connectivity index (χ2n) is 5.81. The molecule has 0 saturated carbocycles. The van der Waals surface area contributed by atoms with Crippen molar-refractivity contribution in [3.05, 3.63) is 69.8 Å². The summed E-state index contributed by atoms with van der Waals surface area (Å²) in [5.41, 5.74) is 2.90. The van der Waals surface area contributed by atoms with Gasteiger partial charge in [-0.15, -0.1) is 0 Å². The standard InChI is InChI=1S/C18H14BrFN2O/c1-2-11-15(10-6-4-3-5-7-10)17-16(18(11)23)21-14-8-13(20)12(19)9-22(14)17/h3-9,11,15H,2H2,1H3. The fourth-order valence-corrected chi connectivity index (χ4v) is 3.84. The number of hydrogen-bond acceptors (Lipinski definition) is 2. The van der Waals surface area contributed by atoms with Gasteiger partial charge in [0.2, 0.25) is 0 Å². The van der Waals surface area contributed by atoms with E-state index in [0.29, 0.717) is 15.8 Å². The van der Waals surface area contributed by atoms with Crippen LogP contribution in [0.4, 0.5) is 4.39 Å². The van der Waals surface area contributed by atoms with E-state index in [2.05, 4.69) is 20.9 Å². The number of benzene rings is 1. The molecule has 0 fully saturated rings. The number of imidazole rings is 1. The Hall–Kier alpha value is -2.01. The van der Waals surface area contributed by atoms with Crippen molar-refractivity contribution in [3.8, 4) is 0 Å². The molecule has 3 nitrogen and oxygen atoms in total. The van der Waals surface area contributed by atoms with Gasteiger partial charge in [0, 0.05) is 24.1 Å². The Morgan fingerprint density at radius 3 is 2.74 bits per heavy atom. The Kier molecular flexibility index (Phi) is 3.34. The molecule has 0 radical (unpaired) electrons. The third-order valence-corrected chi connectivity index (χ3v) is 5.15. The Morgan fingerprint density at radius 1 is 1.30 bits per heavy atom. The molecule has 0 amide bonds. The zero-order valence-electron chi connectivity index (χ0n) is 12.5. The van der Waals surface area contributed by atoms with Crippen LogP contribution in [0.2, 0.25) is 0 Å². The summed E-state index contributed by atoms with van der Waals surface area (Å²) in [6.45, 7) is 2.02. The fourth-order valence-electron chi connectivity index (χ4n) is 3.53. The molecule has 1 aliphatic rings. The summed E-state index contributed by atoms with van der Waals surface area (Å²) in [7, 11) is 0. The summed E-state index contributed by atoms with van der Waals surface area (Å²) >= 11 is 3.22. The molecule has 0 saturated heterocycles. The maximum absolute atomic E-state index is 13.8. The lowest BCUT2D eigenvalue weighted by molar-refractivity contribution is 0.0922. The van der Waals surface area contributed by atoms with Gasteiger partial charge in [-0.3, -0.25) is 4.79 Å². The largest absolute Gasteiger partial charge is 0.301 e. The highest BCUT2D eigenvalue weighted by Gasteiger charge is 2.43. The monoisotopic (exact) mass is 372 g/mol. The predicted octanol–water partition coefficient (Wildman–Crippen LogP) is 4.59. The third-order valence-electron chi connectivity index (χ3n) is 4.57.